The maximum absolute atomic E-state index is 13.1. The van der Waals surface area contributed by atoms with E-state index in [0.29, 0.717) is 12.3 Å². The Morgan fingerprint density at radius 1 is 1.10 bits per heavy atom. The minimum Gasteiger partial charge on any atom is -0.450 e. The topological polar surface area (TPSA) is 54.7 Å². The van der Waals surface area contributed by atoms with Crippen molar-refractivity contribution in [2.24, 2.45) is 0 Å². The second kappa shape index (κ2) is 8.22. The molecule has 0 spiro atoms. The van der Waals surface area contributed by atoms with E-state index in [1.54, 1.807) is 11.3 Å². The maximum Gasteiger partial charge on any atom is 0.287 e. The van der Waals surface area contributed by atoms with Gasteiger partial charge in [-0.05, 0) is 23.8 Å². The fourth-order valence-electron chi connectivity index (χ4n) is 4.22. The first kappa shape index (κ1) is 19.3. The van der Waals surface area contributed by atoms with Crippen molar-refractivity contribution < 1.29 is 13.9 Å². The van der Waals surface area contributed by atoms with Gasteiger partial charge in [0.1, 0.15) is 5.58 Å². The van der Waals surface area contributed by atoms with Crippen molar-refractivity contribution in [1.29, 1.82) is 0 Å². The molecule has 0 radical (unpaired) electrons. The van der Waals surface area contributed by atoms with Crippen molar-refractivity contribution >= 4 is 39.0 Å². The number of aryl methyl sites for hydroxylation is 1. The number of nitrogens with one attached hydrogen (secondary N) is 1. The van der Waals surface area contributed by atoms with E-state index in [4.69, 9.17) is 9.15 Å². The zero-order valence-electron chi connectivity index (χ0n) is 16.9. The van der Waals surface area contributed by atoms with Crippen molar-refractivity contribution in [2.75, 3.05) is 32.8 Å². The van der Waals surface area contributed by atoms with E-state index in [-0.39, 0.29) is 11.9 Å². The van der Waals surface area contributed by atoms with Crippen LogP contribution in [0.25, 0.3) is 21.7 Å². The largest absolute Gasteiger partial charge is 0.450 e. The Labute approximate surface area is 179 Å². The Balaban J connectivity index is 1.41. The highest BCUT2D eigenvalue weighted by atomic mass is 32.1. The SMILES string of the molecule is Cc1c(C(=O)NC[C@@H](c2cccs2)N2CCOCC2)oc2c1ccc1ccccc12. The van der Waals surface area contributed by atoms with Crippen LogP contribution < -0.4 is 5.32 Å². The number of amides is 1. The zero-order chi connectivity index (χ0) is 20.5. The molecule has 30 heavy (non-hydrogen) atoms. The van der Waals surface area contributed by atoms with Gasteiger partial charge in [-0.15, -0.1) is 11.3 Å². The number of ether oxygens (including phenoxy) is 1. The lowest BCUT2D eigenvalue weighted by atomic mass is 10.1. The van der Waals surface area contributed by atoms with E-state index in [1.807, 2.05) is 31.2 Å². The number of hydrogen-bond acceptors (Lipinski definition) is 5. The van der Waals surface area contributed by atoms with E-state index in [9.17, 15) is 4.79 Å². The molecule has 154 valence electrons. The molecular formula is C24H24N2O3S. The molecule has 1 N–H and O–H groups in total. The van der Waals surface area contributed by atoms with Gasteiger partial charge >= 0.3 is 0 Å². The molecule has 5 nitrogen and oxygen atoms in total. The molecule has 2 aromatic carbocycles. The predicted molar refractivity (Wildman–Crippen MR) is 120 cm³/mol. The number of thiophene rings is 1. The van der Waals surface area contributed by atoms with Gasteiger partial charge < -0.3 is 14.5 Å². The molecule has 1 atom stereocenters. The lowest BCUT2D eigenvalue weighted by Crippen LogP contribution is -2.43. The molecule has 6 heteroatoms. The van der Waals surface area contributed by atoms with Crippen LogP contribution in [0.3, 0.4) is 0 Å². The minimum absolute atomic E-state index is 0.142. The predicted octanol–water partition coefficient (Wildman–Crippen LogP) is 4.76. The summed E-state index contributed by atoms with van der Waals surface area (Å²) in [6.45, 7) is 5.68. The summed E-state index contributed by atoms with van der Waals surface area (Å²) in [4.78, 5) is 16.7. The lowest BCUT2D eigenvalue weighted by molar-refractivity contribution is 0.0169. The molecule has 1 aliphatic rings. The molecule has 1 aliphatic heterocycles. The van der Waals surface area contributed by atoms with Gasteiger partial charge in [-0.2, -0.15) is 0 Å². The van der Waals surface area contributed by atoms with Crippen molar-refractivity contribution in [1.82, 2.24) is 10.2 Å². The molecule has 1 saturated heterocycles. The van der Waals surface area contributed by atoms with Crippen molar-refractivity contribution in [2.45, 2.75) is 13.0 Å². The summed E-state index contributed by atoms with van der Waals surface area (Å²) in [6, 6.07) is 16.5. The summed E-state index contributed by atoms with van der Waals surface area (Å²) in [5.74, 6) is 0.232. The van der Waals surface area contributed by atoms with Gasteiger partial charge in [0.05, 0.1) is 19.3 Å². The minimum atomic E-state index is -0.164. The molecule has 0 unspecified atom stereocenters. The third-order valence-electron chi connectivity index (χ3n) is 5.85. The van der Waals surface area contributed by atoms with Gasteiger partial charge in [-0.25, -0.2) is 0 Å². The van der Waals surface area contributed by atoms with E-state index < -0.39 is 0 Å². The number of furan rings is 1. The van der Waals surface area contributed by atoms with Crippen LogP contribution in [0.1, 0.15) is 27.0 Å². The molecule has 5 rings (SSSR count). The van der Waals surface area contributed by atoms with Crippen LogP contribution in [0.4, 0.5) is 0 Å². The maximum atomic E-state index is 13.1. The molecule has 0 aliphatic carbocycles. The summed E-state index contributed by atoms with van der Waals surface area (Å²) in [7, 11) is 0. The monoisotopic (exact) mass is 420 g/mol. The number of carbonyl (C=O) groups excluding carboxylic acids is 1. The summed E-state index contributed by atoms with van der Waals surface area (Å²) in [6.07, 6.45) is 0. The van der Waals surface area contributed by atoms with Gasteiger partial charge in [0, 0.05) is 40.8 Å². The molecule has 1 amide bonds. The van der Waals surface area contributed by atoms with Crippen molar-refractivity contribution in [3.8, 4) is 0 Å². The number of carbonyl (C=O) groups is 1. The van der Waals surface area contributed by atoms with Crippen LogP contribution in [0.5, 0.6) is 0 Å². The van der Waals surface area contributed by atoms with E-state index >= 15 is 0 Å². The second-order valence-electron chi connectivity index (χ2n) is 7.61. The van der Waals surface area contributed by atoms with Gasteiger partial charge in [0.2, 0.25) is 0 Å². The van der Waals surface area contributed by atoms with E-state index in [2.05, 4.69) is 39.9 Å². The molecule has 0 bridgehead atoms. The highest BCUT2D eigenvalue weighted by Gasteiger charge is 2.25. The van der Waals surface area contributed by atoms with Gasteiger partial charge in [-0.3, -0.25) is 9.69 Å². The quantitative estimate of drug-likeness (QED) is 0.506. The smallest absolute Gasteiger partial charge is 0.287 e. The van der Waals surface area contributed by atoms with Gasteiger partial charge in [0.15, 0.2) is 5.76 Å². The van der Waals surface area contributed by atoms with Crippen molar-refractivity contribution in [3.05, 3.63) is 70.1 Å². The number of morpholine rings is 1. The third kappa shape index (κ3) is 3.51. The Bertz CT molecular complexity index is 1180. The molecule has 1 fully saturated rings. The van der Waals surface area contributed by atoms with Crippen molar-refractivity contribution in [3.63, 3.8) is 0 Å². The van der Waals surface area contributed by atoms with Crippen LogP contribution in [0, 0.1) is 6.92 Å². The molecule has 2 aromatic heterocycles. The highest BCUT2D eigenvalue weighted by molar-refractivity contribution is 7.10. The number of hydrogen-bond donors (Lipinski definition) is 1. The Kier molecular flexibility index (Phi) is 5.29. The average molecular weight is 421 g/mol. The lowest BCUT2D eigenvalue weighted by Gasteiger charge is -2.34. The van der Waals surface area contributed by atoms with Crippen LogP contribution in [0.15, 0.2) is 58.3 Å². The first-order valence-electron chi connectivity index (χ1n) is 10.3. The Morgan fingerprint density at radius 3 is 2.73 bits per heavy atom. The van der Waals surface area contributed by atoms with Gasteiger partial charge in [0.25, 0.3) is 5.91 Å². The zero-order valence-corrected chi connectivity index (χ0v) is 17.7. The van der Waals surface area contributed by atoms with Crippen LogP contribution in [0.2, 0.25) is 0 Å². The number of nitrogens with zero attached hydrogens (tertiary/aromatic N) is 1. The highest BCUT2D eigenvalue weighted by Crippen LogP contribution is 2.32. The van der Waals surface area contributed by atoms with Crippen LogP contribution >= 0.6 is 11.3 Å². The average Bonchev–Trinajstić information content (AvgIpc) is 3.43. The van der Waals surface area contributed by atoms with E-state index in [1.165, 1.54) is 4.88 Å². The molecular weight excluding hydrogens is 396 g/mol. The normalized spacial score (nSPS) is 16.2. The Hall–Kier alpha value is -2.67. The standard InChI is InChI=1S/C24H24N2O3S/c1-16-18-9-8-17-5-2-3-6-19(17)23(18)29-22(16)24(27)25-15-20(21-7-4-14-30-21)26-10-12-28-13-11-26/h2-9,14,20H,10-13,15H2,1H3,(H,25,27)/t20-/m0/s1. The summed E-state index contributed by atoms with van der Waals surface area (Å²) >= 11 is 1.72. The van der Waals surface area contributed by atoms with Gasteiger partial charge in [-0.1, -0.05) is 42.5 Å². The molecule has 3 heterocycles. The number of rotatable bonds is 5. The first-order valence-corrected chi connectivity index (χ1v) is 11.1. The number of benzene rings is 2. The molecule has 4 aromatic rings. The summed E-state index contributed by atoms with van der Waals surface area (Å²) in [5.41, 5.74) is 1.66. The first-order chi connectivity index (χ1) is 14.7. The fraction of sp³-hybridized carbons (Fsp3) is 0.292. The van der Waals surface area contributed by atoms with Crippen LogP contribution in [-0.2, 0) is 4.74 Å². The molecule has 0 saturated carbocycles. The van der Waals surface area contributed by atoms with E-state index in [0.717, 1.165) is 53.6 Å². The Morgan fingerprint density at radius 2 is 1.93 bits per heavy atom. The van der Waals surface area contributed by atoms with Crippen LogP contribution in [-0.4, -0.2) is 43.7 Å². The second-order valence-corrected chi connectivity index (χ2v) is 8.59. The summed E-state index contributed by atoms with van der Waals surface area (Å²) < 4.78 is 11.6. The summed E-state index contributed by atoms with van der Waals surface area (Å²) in [5, 5.41) is 8.33. The fourth-order valence-corrected chi connectivity index (χ4v) is 5.08. The number of fused-ring (bicyclic) bond motifs is 3. The third-order valence-corrected chi connectivity index (χ3v) is 6.82.